The van der Waals surface area contributed by atoms with Gasteiger partial charge in [0.25, 0.3) is 0 Å². The van der Waals surface area contributed by atoms with Gasteiger partial charge in [-0.15, -0.1) is 0 Å². The number of anilines is 1. The number of hydrogen-bond acceptors (Lipinski definition) is 4. The SMILES string of the molecule is Cc1cccc(CN(C(=O)CN(c2cc(C)cc(C)c2)S(C)(=O)=O)C(Cc2ccccc2)C(=O)NC(C)(C)C)c1. The van der Waals surface area contributed by atoms with Gasteiger partial charge in [-0.05, 0) is 75.9 Å². The zero-order valence-corrected chi connectivity index (χ0v) is 25.4. The molecule has 7 nitrogen and oxygen atoms in total. The summed E-state index contributed by atoms with van der Waals surface area (Å²) in [6, 6.07) is 21.9. The number of rotatable bonds is 10. The van der Waals surface area contributed by atoms with E-state index in [2.05, 4.69) is 5.32 Å². The van der Waals surface area contributed by atoms with Crippen LogP contribution in [0.25, 0.3) is 0 Å². The number of nitrogens with zero attached hydrogens (tertiary/aromatic N) is 2. The number of sulfonamides is 1. The number of hydrogen-bond donors (Lipinski definition) is 1. The van der Waals surface area contributed by atoms with Crippen LogP contribution in [0.3, 0.4) is 0 Å². The molecule has 0 radical (unpaired) electrons. The molecule has 8 heteroatoms. The van der Waals surface area contributed by atoms with Gasteiger partial charge >= 0.3 is 0 Å². The summed E-state index contributed by atoms with van der Waals surface area (Å²) in [6.07, 6.45) is 1.37. The molecule has 3 aromatic rings. The fraction of sp³-hybridized carbons (Fsp3) is 0.375. The molecule has 3 aromatic carbocycles. The minimum absolute atomic E-state index is 0.153. The van der Waals surface area contributed by atoms with Gasteiger partial charge in [-0.3, -0.25) is 13.9 Å². The Kier molecular flexibility index (Phi) is 9.79. The predicted octanol–water partition coefficient (Wildman–Crippen LogP) is 4.93. The van der Waals surface area contributed by atoms with Crippen molar-refractivity contribution in [2.75, 3.05) is 17.1 Å². The Labute approximate surface area is 239 Å². The maximum Gasteiger partial charge on any atom is 0.244 e. The van der Waals surface area contributed by atoms with Gasteiger partial charge in [0, 0.05) is 18.5 Å². The summed E-state index contributed by atoms with van der Waals surface area (Å²) in [4.78, 5) is 29.5. The van der Waals surface area contributed by atoms with Crippen molar-refractivity contribution in [1.29, 1.82) is 0 Å². The van der Waals surface area contributed by atoms with Crippen molar-refractivity contribution >= 4 is 27.5 Å². The number of benzene rings is 3. The molecule has 1 atom stereocenters. The van der Waals surface area contributed by atoms with Crippen LogP contribution in [0.4, 0.5) is 5.69 Å². The van der Waals surface area contributed by atoms with Crippen LogP contribution < -0.4 is 9.62 Å². The zero-order chi connectivity index (χ0) is 29.7. The molecule has 0 aliphatic heterocycles. The topological polar surface area (TPSA) is 86.8 Å². The number of carbonyl (C=O) groups is 2. The standard InChI is InChI=1S/C32H41N3O4S/c1-23-12-11-15-27(17-23)21-34(29(31(37)33-32(4,5)6)20-26-13-9-8-10-14-26)30(36)22-35(40(7,38)39)28-18-24(2)16-25(3)19-28/h8-19,29H,20-22H2,1-7H3,(H,33,37). The molecule has 0 saturated carbocycles. The minimum Gasteiger partial charge on any atom is -0.350 e. The van der Waals surface area contributed by atoms with Crippen LogP contribution in [-0.2, 0) is 32.6 Å². The molecule has 0 heterocycles. The second-order valence-electron chi connectivity index (χ2n) is 11.6. The van der Waals surface area contributed by atoms with E-state index in [-0.39, 0.29) is 18.9 Å². The van der Waals surface area contributed by atoms with Crippen molar-refractivity contribution in [1.82, 2.24) is 10.2 Å². The number of amides is 2. The monoisotopic (exact) mass is 563 g/mol. The number of carbonyl (C=O) groups excluding carboxylic acids is 2. The third-order valence-electron chi connectivity index (χ3n) is 6.38. The van der Waals surface area contributed by atoms with Gasteiger partial charge in [0.15, 0.2) is 0 Å². The first-order chi connectivity index (χ1) is 18.6. The molecule has 0 bridgehead atoms. The molecule has 0 aliphatic rings. The predicted molar refractivity (Wildman–Crippen MR) is 162 cm³/mol. The third-order valence-corrected chi connectivity index (χ3v) is 7.52. The highest BCUT2D eigenvalue weighted by molar-refractivity contribution is 7.92. The molecule has 2 amide bonds. The quantitative estimate of drug-likeness (QED) is 0.379. The highest BCUT2D eigenvalue weighted by atomic mass is 32.2. The largest absolute Gasteiger partial charge is 0.350 e. The Morgan fingerprint density at radius 1 is 0.825 bits per heavy atom. The summed E-state index contributed by atoms with van der Waals surface area (Å²) in [7, 11) is -3.81. The van der Waals surface area contributed by atoms with Gasteiger partial charge in [-0.2, -0.15) is 0 Å². The number of aryl methyl sites for hydroxylation is 3. The van der Waals surface area contributed by atoms with Gasteiger partial charge < -0.3 is 10.2 Å². The van der Waals surface area contributed by atoms with Crippen molar-refractivity contribution in [3.05, 3.63) is 101 Å². The van der Waals surface area contributed by atoms with Gasteiger partial charge in [-0.1, -0.05) is 66.2 Å². The molecule has 40 heavy (non-hydrogen) atoms. The smallest absolute Gasteiger partial charge is 0.244 e. The van der Waals surface area contributed by atoms with Crippen molar-refractivity contribution in [3.63, 3.8) is 0 Å². The van der Waals surface area contributed by atoms with Crippen molar-refractivity contribution in [2.24, 2.45) is 0 Å². The Bertz CT molecular complexity index is 1430. The molecule has 0 aliphatic carbocycles. The molecular formula is C32H41N3O4S. The lowest BCUT2D eigenvalue weighted by Crippen LogP contribution is -2.56. The summed E-state index contributed by atoms with van der Waals surface area (Å²) in [5.41, 5.74) is 4.44. The fourth-order valence-electron chi connectivity index (χ4n) is 4.72. The van der Waals surface area contributed by atoms with Crippen LogP contribution in [0, 0.1) is 20.8 Å². The molecule has 0 saturated heterocycles. The molecule has 1 unspecified atom stereocenters. The Hall–Kier alpha value is -3.65. The minimum atomic E-state index is -3.81. The van der Waals surface area contributed by atoms with Crippen molar-refractivity contribution in [3.8, 4) is 0 Å². The normalized spacial score (nSPS) is 12.5. The van der Waals surface area contributed by atoms with Crippen LogP contribution in [-0.4, -0.2) is 49.5 Å². The fourth-order valence-corrected chi connectivity index (χ4v) is 5.56. The van der Waals surface area contributed by atoms with E-state index < -0.39 is 34.1 Å². The summed E-state index contributed by atoms with van der Waals surface area (Å²) in [6.45, 7) is 11.1. The van der Waals surface area contributed by atoms with Crippen molar-refractivity contribution < 1.29 is 18.0 Å². The first kappa shape index (κ1) is 30.9. The maximum atomic E-state index is 14.2. The second-order valence-corrected chi connectivity index (χ2v) is 13.5. The van der Waals surface area contributed by atoms with E-state index in [0.29, 0.717) is 5.69 Å². The van der Waals surface area contributed by atoms with Gasteiger partial charge in [0.05, 0.1) is 11.9 Å². The van der Waals surface area contributed by atoms with Crippen LogP contribution in [0.2, 0.25) is 0 Å². The van der Waals surface area contributed by atoms with E-state index >= 15 is 0 Å². The first-order valence-electron chi connectivity index (χ1n) is 13.4. The lowest BCUT2D eigenvalue weighted by atomic mass is 10.0. The Morgan fingerprint density at radius 3 is 1.98 bits per heavy atom. The van der Waals surface area contributed by atoms with Gasteiger partial charge in [0.2, 0.25) is 21.8 Å². The molecule has 0 aromatic heterocycles. The molecule has 3 rings (SSSR count). The zero-order valence-electron chi connectivity index (χ0n) is 24.6. The van der Waals surface area contributed by atoms with Crippen molar-refractivity contribution in [2.45, 2.75) is 66.1 Å². The number of nitrogens with one attached hydrogen (secondary N) is 1. The Morgan fingerprint density at radius 2 is 1.43 bits per heavy atom. The highest BCUT2D eigenvalue weighted by Gasteiger charge is 2.34. The lowest BCUT2D eigenvalue weighted by Gasteiger charge is -2.35. The van der Waals surface area contributed by atoms with E-state index in [1.165, 1.54) is 4.90 Å². The maximum absolute atomic E-state index is 14.2. The first-order valence-corrected chi connectivity index (χ1v) is 15.2. The average molecular weight is 564 g/mol. The van der Waals surface area contributed by atoms with E-state index in [4.69, 9.17) is 0 Å². The van der Waals surface area contributed by atoms with E-state index in [0.717, 1.165) is 38.4 Å². The molecule has 1 N–H and O–H groups in total. The second kappa shape index (κ2) is 12.7. The Balaban J connectivity index is 2.09. The molecule has 0 fully saturated rings. The van der Waals surface area contributed by atoms with E-state index in [1.807, 2.05) is 102 Å². The molecule has 0 spiro atoms. The summed E-state index contributed by atoms with van der Waals surface area (Å²) in [5.74, 6) is -0.759. The molecular weight excluding hydrogens is 522 g/mol. The average Bonchev–Trinajstić information content (AvgIpc) is 2.82. The van der Waals surface area contributed by atoms with E-state index in [1.54, 1.807) is 12.1 Å². The van der Waals surface area contributed by atoms with Crippen LogP contribution >= 0.6 is 0 Å². The third kappa shape index (κ3) is 8.95. The lowest BCUT2D eigenvalue weighted by molar-refractivity contribution is -0.140. The summed E-state index contributed by atoms with van der Waals surface area (Å²) < 4.78 is 27.1. The van der Waals surface area contributed by atoms with Crippen LogP contribution in [0.15, 0.2) is 72.8 Å². The summed E-state index contributed by atoms with van der Waals surface area (Å²) >= 11 is 0. The highest BCUT2D eigenvalue weighted by Crippen LogP contribution is 2.23. The van der Waals surface area contributed by atoms with E-state index in [9.17, 15) is 18.0 Å². The molecule has 214 valence electrons. The van der Waals surface area contributed by atoms with Gasteiger partial charge in [-0.25, -0.2) is 8.42 Å². The summed E-state index contributed by atoms with van der Waals surface area (Å²) in [5, 5.41) is 3.04. The van der Waals surface area contributed by atoms with Crippen LogP contribution in [0.5, 0.6) is 0 Å². The van der Waals surface area contributed by atoms with Crippen LogP contribution in [0.1, 0.15) is 48.6 Å². The van der Waals surface area contributed by atoms with Gasteiger partial charge in [0.1, 0.15) is 12.6 Å².